The van der Waals surface area contributed by atoms with Gasteiger partial charge in [-0.2, -0.15) is 0 Å². The Hall–Kier alpha value is -0.610. The molecule has 0 aromatic heterocycles. The third-order valence-electron chi connectivity index (χ3n) is 8.67. The predicted molar refractivity (Wildman–Crippen MR) is 85.7 cm³/mol. The van der Waals surface area contributed by atoms with Gasteiger partial charge in [0.1, 0.15) is 0 Å². The molecular weight excluding hydrogens is 292 g/mol. The van der Waals surface area contributed by atoms with Crippen LogP contribution in [0.15, 0.2) is 0 Å². The van der Waals surface area contributed by atoms with E-state index in [-0.39, 0.29) is 16.9 Å². The van der Waals surface area contributed by atoms with E-state index in [0.717, 1.165) is 38.5 Å². The van der Waals surface area contributed by atoms with Crippen LogP contribution in [0.3, 0.4) is 0 Å². The number of carboxylic acids is 1. The zero-order valence-corrected chi connectivity index (χ0v) is 14.3. The highest BCUT2D eigenvalue weighted by molar-refractivity contribution is 5.77. The van der Waals surface area contributed by atoms with Crippen molar-refractivity contribution in [2.75, 3.05) is 0 Å². The molecule has 4 nitrogen and oxygen atoms in total. The van der Waals surface area contributed by atoms with Crippen molar-refractivity contribution >= 4 is 5.97 Å². The largest absolute Gasteiger partial charge is 0.479 e. The van der Waals surface area contributed by atoms with Crippen LogP contribution < -0.4 is 0 Å². The second kappa shape index (κ2) is 4.72. The van der Waals surface area contributed by atoms with E-state index in [2.05, 4.69) is 13.8 Å². The van der Waals surface area contributed by atoms with Crippen LogP contribution in [-0.4, -0.2) is 33.0 Å². The number of hydrogen-bond donors (Lipinski definition) is 3. The number of aliphatic hydroxyl groups excluding tert-OH is 1. The topological polar surface area (TPSA) is 77.8 Å². The molecule has 0 heterocycles. The molecule has 4 fully saturated rings. The Balaban J connectivity index is 1.65. The molecular formula is C19H30O4. The summed E-state index contributed by atoms with van der Waals surface area (Å²) in [5, 5.41) is 30.5. The Bertz CT molecular complexity index is 533. The molecule has 0 radical (unpaired) electrons. The monoisotopic (exact) mass is 322 g/mol. The third-order valence-corrected chi connectivity index (χ3v) is 8.67. The maximum absolute atomic E-state index is 11.6. The normalized spacial score (nSPS) is 58.3. The van der Waals surface area contributed by atoms with E-state index in [4.69, 9.17) is 0 Å². The van der Waals surface area contributed by atoms with E-state index in [1.165, 1.54) is 0 Å². The van der Waals surface area contributed by atoms with Crippen molar-refractivity contribution in [1.82, 2.24) is 0 Å². The average Bonchev–Trinajstić information content (AvgIpc) is 2.93. The number of carboxylic acid groups (broad SMARTS) is 1. The van der Waals surface area contributed by atoms with Gasteiger partial charge in [0.2, 0.25) is 0 Å². The summed E-state index contributed by atoms with van der Waals surface area (Å²) in [6.07, 6.45) is 7.01. The summed E-state index contributed by atoms with van der Waals surface area (Å²) >= 11 is 0. The molecule has 0 aromatic carbocycles. The Kier molecular flexibility index (Phi) is 3.26. The fraction of sp³-hybridized carbons (Fsp3) is 0.947. The summed E-state index contributed by atoms with van der Waals surface area (Å²) in [5.41, 5.74) is -1.51. The number of fused-ring (bicyclic) bond motifs is 5. The molecule has 4 aliphatic carbocycles. The van der Waals surface area contributed by atoms with Gasteiger partial charge in [0, 0.05) is 0 Å². The maximum Gasteiger partial charge on any atom is 0.335 e. The molecule has 0 amide bonds. The molecule has 0 aromatic rings. The minimum atomic E-state index is -1.52. The summed E-state index contributed by atoms with van der Waals surface area (Å²) in [4.78, 5) is 11.6. The molecule has 3 N–H and O–H groups in total. The first-order chi connectivity index (χ1) is 10.7. The number of aliphatic carboxylic acids is 1. The molecule has 4 heteroatoms. The first kappa shape index (κ1) is 15.9. The van der Waals surface area contributed by atoms with E-state index >= 15 is 0 Å². The Morgan fingerprint density at radius 1 is 1.00 bits per heavy atom. The number of hydrogen-bond acceptors (Lipinski definition) is 3. The minimum absolute atomic E-state index is 0.0507. The molecule has 8 atom stereocenters. The lowest BCUT2D eigenvalue weighted by atomic mass is 9.48. The lowest BCUT2D eigenvalue weighted by molar-refractivity contribution is -0.159. The van der Waals surface area contributed by atoms with E-state index in [9.17, 15) is 20.1 Å². The average molecular weight is 322 g/mol. The van der Waals surface area contributed by atoms with Crippen molar-refractivity contribution in [1.29, 1.82) is 0 Å². The van der Waals surface area contributed by atoms with Crippen LogP contribution in [0.5, 0.6) is 0 Å². The van der Waals surface area contributed by atoms with Crippen molar-refractivity contribution in [3.63, 3.8) is 0 Å². The summed E-state index contributed by atoms with van der Waals surface area (Å²) in [5.74, 6) is 0.982. The molecule has 0 spiro atoms. The highest BCUT2D eigenvalue weighted by Gasteiger charge is 2.64. The predicted octanol–water partition coefficient (Wildman–Crippen LogP) is 2.82. The summed E-state index contributed by atoms with van der Waals surface area (Å²) < 4.78 is 0. The van der Waals surface area contributed by atoms with E-state index in [1.807, 2.05) is 0 Å². The molecule has 0 unspecified atom stereocenters. The van der Waals surface area contributed by atoms with Crippen LogP contribution in [0.1, 0.15) is 65.2 Å². The molecule has 4 rings (SSSR count). The third kappa shape index (κ3) is 1.94. The Morgan fingerprint density at radius 3 is 2.39 bits per heavy atom. The van der Waals surface area contributed by atoms with Gasteiger partial charge >= 0.3 is 5.97 Å². The molecule has 130 valence electrons. The van der Waals surface area contributed by atoms with Crippen molar-refractivity contribution in [3.05, 3.63) is 0 Å². The van der Waals surface area contributed by atoms with E-state index in [1.54, 1.807) is 0 Å². The van der Waals surface area contributed by atoms with Gasteiger partial charge in [0.05, 0.1) is 6.10 Å². The first-order valence-electron chi connectivity index (χ1n) is 9.34. The molecule has 0 bridgehead atoms. The van der Waals surface area contributed by atoms with Crippen molar-refractivity contribution in [2.24, 2.45) is 34.5 Å². The van der Waals surface area contributed by atoms with Crippen LogP contribution in [0.4, 0.5) is 0 Å². The zero-order valence-electron chi connectivity index (χ0n) is 14.3. The second-order valence-electron chi connectivity index (χ2n) is 9.51. The van der Waals surface area contributed by atoms with Crippen molar-refractivity contribution in [3.8, 4) is 0 Å². The van der Waals surface area contributed by atoms with Crippen LogP contribution >= 0.6 is 0 Å². The highest BCUT2D eigenvalue weighted by Crippen LogP contribution is 2.68. The van der Waals surface area contributed by atoms with Gasteiger partial charge in [-0.15, -0.1) is 0 Å². The quantitative estimate of drug-likeness (QED) is 0.694. The minimum Gasteiger partial charge on any atom is -0.479 e. The number of rotatable bonds is 1. The van der Waals surface area contributed by atoms with Crippen LogP contribution in [0.25, 0.3) is 0 Å². The van der Waals surface area contributed by atoms with Crippen LogP contribution in [-0.2, 0) is 4.79 Å². The van der Waals surface area contributed by atoms with E-state index < -0.39 is 11.6 Å². The van der Waals surface area contributed by atoms with Gasteiger partial charge in [-0.3, -0.25) is 0 Å². The fourth-order valence-electron chi connectivity index (χ4n) is 7.39. The van der Waals surface area contributed by atoms with Gasteiger partial charge in [0.25, 0.3) is 0 Å². The SMILES string of the molecule is C[C@]12C[C@](O)(C(=O)O)C[C@@H]1CC[C@H]1[C@@H]2CC[C@]2(C)[C@@H](O)CC[C@@H]12. The van der Waals surface area contributed by atoms with Crippen molar-refractivity contribution < 1.29 is 20.1 Å². The standard InChI is InChI=1S/C19H30O4/c1-17-8-7-14-12(13(17)5-6-15(17)20)4-3-11-9-19(23,16(21)22)10-18(11,14)2/h11-15,20,23H,3-10H2,1-2H3,(H,21,22)/t11-,12+,13-,14-,15-,17-,18-,19-/m0/s1. The van der Waals surface area contributed by atoms with Gasteiger partial charge < -0.3 is 15.3 Å². The smallest absolute Gasteiger partial charge is 0.335 e. The molecule has 0 aliphatic heterocycles. The lowest BCUT2D eigenvalue weighted by Gasteiger charge is -2.57. The lowest BCUT2D eigenvalue weighted by Crippen LogP contribution is -2.51. The summed E-state index contributed by atoms with van der Waals surface area (Å²) in [6.45, 7) is 4.51. The fourth-order valence-corrected chi connectivity index (χ4v) is 7.39. The van der Waals surface area contributed by atoms with Crippen LogP contribution in [0.2, 0.25) is 0 Å². The summed E-state index contributed by atoms with van der Waals surface area (Å²) in [6, 6.07) is 0. The van der Waals surface area contributed by atoms with Gasteiger partial charge in [0.15, 0.2) is 5.60 Å². The highest BCUT2D eigenvalue weighted by atomic mass is 16.4. The van der Waals surface area contributed by atoms with Gasteiger partial charge in [-0.1, -0.05) is 13.8 Å². The second-order valence-corrected chi connectivity index (χ2v) is 9.51. The number of carbonyl (C=O) groups is 1. The first-order valence-corrected chi connectivity index (χ1v) is 9.34. The van der Waals surface area contributed by atoms with Gasteiger partial charge in [-0.05, 0) is 85.9 Å². The van der Waals surface area contributed by atoms with Crippen LogP contribution in [0, 0.1) is 34.5 Å². The zero-order chi connectivity index (χ0) is 16.6. The maximum atomic E-state index is 11.6. The van der Waals surface area contributed by atoms with Crippen molar-refractivity contribution in [2.45, 2.75) is 76.9 Å². The Morgan fingerprint density at radius 2 is 1.70 bits per heavy atom. The van der Waals surface area contributed by atoms with E-state index in [0.29, 0.717) is 36.5 Å². The van der Waals surface area contributed by atoms with Gasteiger partial charge in [-0.25, -0.2) is 4.79 Å². The molecule has 23 heavy (non-hydrogen) atoms. The Labute approximate surface area is 138 Å². The molecule has 4 aliphatic rings. The molecule has 0 saturated heterocycles. The number of aliphatic hydroxyl groups is 2. The molecule has 4 saturated carbocycles. The summed E-state index contributed by atoms with van der Waals surface area (Å²) in [7, 11) is 0.